The molecule has 1 aromatic carbocycles. The maximum atomic E-state index is 11.4. The third-order valence-corrected chi connectivity index (χ3v) is 3.06. The van der Waals surface area contributed by atoms with Crippen LogP contribution in [0.5, 0.6) is 0 Å². The molecular weight excluding hydrogens is 244 g/mol. The number of hydrogen-bond acceptors (Lipinski definition) is 2. The molecule has 0 saturated heterocycles. The molecule has 1 rings (SSSR count). The van der Waals surface area contributed by atoms with Gasteiger partial charge in [0, 0.05) is 21.9 Å². The molecule has 98 valence electrons. The summed E-state index contributed by atoms with van der Waals surface area (Å²) in [4.78, 5) is 12.6. The van der Waals surface area contributed by atoms with Crippen LogP contribution in [0.4, 0.5) is 10.5 Å². The fraction of sp³-hybridized carbons (Fsp3) is 0.357. The van der Waals surface area contributed by atoms with Gasteiger partial charge in [0.25, 0.3) is 0 Å². The van der Waals surface area contributed by atoms with E-state index in [1.807, 2.05) is 24.3 Å². The van der Waals surface area contributed by atoms with Crippen molar-refractivity contribution in [2.24, 2.45) is 0 Å². The lowest BCUT2D eigenvalue weighted by molar-refractivity contribution is 0.253. The first-order valence-corrected chi connectivity index (χ1v) is 6.67. The molecule has 0 unspecified atom stereocenters. The zero-order valence-electron chi connectivity index (χ0n) is 11.1. The van der Waals surface area contributed by atoms with Crippen molar-refractivity contribution in [2.45, 2.75) is 30.4 Å². The smallest absolute Gasteiger partial charge is 0.319 e. The van der Waals surface area contributed by atoms with E-state index in [-0.39, 0.29) is 10.8 Å². The standard InChI is InChI=1S/C14H20N2OS/c1-5-10-15-13(17)16-11-6-8-12(9-7-11)18-14(2,3)4/h5-9H,1,10H2,2-4H3,(H2,15,16,17). The molecule has 0 aliphatic carbocycles. The van der Waals surface area contributed by atoms with Gasteiger partial charge in [-0.15, -0.1) is 18.3 Å². The molecule has 18 heavy (non-hydrogen) atoms. The maximum absolute atomic E-state index is 11.4. The van der Waals surface area contributed by atoms with E-state index < -0.39 is 0 Å². The summed E-state index contributed by atoms with van der Waals surface area (Å²) in [7, 11) is 0. The van der Waals surface area contributed by atoms with E-state index in [1.165, 1.54) is 4.90 Å². The maximum Gasteiger partial charge on any atom is 0.319 e. The lowest BCUT2D eigenvalue weighted by Gasteiger charge is -2.17. The van der Waals surface area contributed by atoms with Crippen LogP contribution >= 0.6 is 11.8 Å². The number of anilines is 1. The van der Waals surface area contributed by atoms with Crippen molar-refractivity contribution < 1.29 is 4.79 Å². The van der Waals surface area contributed by atoms with Crippen molar-refractivity contribution in [1.82, 2.24) is 5.32 Å². The topological polar surface area (TPSA) is 41.1 Å². The average Bonchev–Trinajstić information content (AvgIpc) is 2.27. The zero-order chi connectivity index (χ0) is 13.6. The number of amides is 2. The van der Waals surface area contributed by atoms with Gasteiger partial charge in [0.05, 0.1) is 0 Å². The third kappa shape index (κ3) is 5.77. The molecule has 0 spiro atoms. The van der Waals surface area contributed by atoms with E-state index >= 15 is 0 Å². The molecule has 0 aliphatic heterocycles. The highest BCUT2D eigenvalue weighted by atomic mass is 32.2. The fourth-order valence-electron chi connectivity index (χ4n) is 1.30. The van der Waals surface area contributed by atoms with Gasteiger partial charge in [0.1, 0.15) is 0 Å². The first-order valence-electron chi connectivity index (χ1n) is 5.85. The van der Waals surface area contributed by atoms with E-state index in [4.69, 9.17) is 0 Å². The second-order valence-electron chi connectivity index (χ2n) is 4.86. The van der Waals surface area contributed by atoms with E-state index in [0.29, 0.717) is 6.54 Å². The number of hydrogen-bond donors (Lipinski definition) is 2. The highest BCUT2D eigenvalue weighted by Gasteiger charge is 2.11. The van der Waals surface area contributed by atoms with Crippen molar-refractivity contribution in [3.63, 3.8) is 0 Å². The first kappa shape index (κ1) is 14.6. The quantitative estimate of drug-likeness (QED) is 0.640. The molecule has 0 aromatic heterocycles. The van der Waals surface area contributed by atoms with Crippen LogP contribution in [0.15, 0.2) is 41.8 Å². The minimum atomic E-state index is -0.217. The molecule has 0 radical (unpaired) electrons. The number of carbonyl (C=O) groups is 1. The summed E-state index contributed by atoms with van der Waals surface area (Å²) in [5.74, 6) is 0. The van der Waals surface area contributed by atoms with Crippen LogP contribution < -0.4 is 10.6 Å². The van der Waals surface area contributed by atoms with Gasteiger partial charge in [-0.3, -0.25) is 0 Å². The molecular formula is C14H20N2OS. The van der Waals surface area contributed by atoms with Gasteiger partial charge in [-0.25, -0.2) is 4.79 Å². The van der Waals surface area contributed by atoms with E-state index in [0.717, 1.165) is 5.69 Å². The van der Waals surface area contributed by atoms with Gasteiger partial charge in [-0.2, -0.15) is 0 Å². The Labute approximate surface area is 113 Å². The molecule has 0 saturated carbocycles. The summed E-state index contributed by atoms with van der Waals surface area (Å²) in [5, 5.41) is 5.42. The fourth-order valence-corrected chi connectivity index (χ4v) is 2.28. The van der Waals surface area contributed by atoms with Gasteiger partial charge in [0.15, 0.2) is 0 Å². The van der Waals surface area contributed by atoms with Crippen LogP contribution in [0.25, 0.3) is 0 Å². The lowest BCUT2D eigenvalue weighted by atomic mass is 10.3. The Hall–Kier alpha value is -1.42. The monoisotopic (exact) mass is 264 g/mol. The molecule has 2 amide bonds. The van der Waals surface area contributed by atoms with Crippen LogP contribution in [0.3, 0.4) is 0 Å². The summed E-state index contributed by atoms with van der Waals surface area (Å²) in [5.41, 5.74) is 0.787. The molecule has 4 heteroatoms. The summed E-state index contributed by atoms with van der Waals surface area (Å²) < 4.78 is 0.191. The van der Waals surface area contributed by atoms with Crippen molar-refractivity contribution in [3.8, 4) is 0 Å². The first-order chi connectivity index (χ1) is 8.40. The summed E-state index contributed by atoms with van der Waals surface area (Å²) in [6.45, 7) is 10.5. The third-order valence-electron chi connectivity index (χ3n) is 1.94. The molecule has 1 aromatic rings. The molecule has 0 bridgehead atoms. The number of carbonyl (C=O) groups excluding carboxylic acids is 1. The number of benzene rings is 1. The van der Waals surface area contributed by atoms with Crippen LogP contribution in [0, 0.1) is 0 Å². The Kier molecular flexibility index (Phi) is 5.28. The van der Waals surface area contributed by atoms with Crippen molar-refractivity contribution in [1.29, 1.82) is 0 Å². The molecule has 0 aliphatic rings. The molecule has 3 nitrogen and oxygen atoms in total. The minimum Gasteiger partial charge on any atom is -0.334 e. The molecule has 0 heterocycles. The Morgan fingerprint density at radius 2 is 1.94 bits per heavy atom. The Bertz CT molecular complexity index is 407. The Balaban J connectivity index is 2.55. The van der Waals surface area contributed by atoms with Crippen molar-refractivity contribution in [2.75, 3.05) is 11.9 Å². The van der Waals surface area contributed by atoms with Crippen molar-refractivity contribution in [3.05, 3.63) is 36.9 Å². The molecule has 0 fully saturated rings. The predicted molar refractivity (Wildman–Crippen MR) is 79.3 cm³/mol. The summed E-state index contributed by atoms with van der Waals surface area (Å²) in [6, 6.07) is 7.62. The normalized spacial score (nSPS) is 10.8. The van der Waals surface area contributed by atoms with E-state index in [9.17, 15) is 4.79 Å². The van der Waals surface area contributed by atoms with Gasteiger partial charge in [-0.05, 0) is 24.3 Å². The second kappa shape index (κ2) is 6.50. The summed E-state index contributed by atoms with van der Waals surface area (Å²) in [6.07, 6.45) is 1.64. The Morgan fingerprint density at radius 1 is 1.33 bits per heavy atom. The van der Waals surface area contributed by atoms with Crippen LogP contribution in [-0.4, -0.2) is 17.3 Å². The van der Waals surface area contributed by atoms with E-state index in [1.54, 1.807) is 17.8 Å². The number of rotatable bonds is 4. The second-order valence-corrected chi connectivity index (χ2v) is 6.76. The predicted octanol–water partition coefficient (Wildman–Crippen LogP) is 3.88. The largest absolute Gasteiger partial charge is 0.334 e. The van der Waals surface area contributed by atoms with Crippen LogP contribution in [0.2, 0.25) is 0 Å². The number of thioether (sulfide) groups is 1. The van der Waals surface area contributed by atoms with Crippen LogP contribution in [-0.2, 0) is 0 Å². The molecule has 2 N–H and O–H groups in total. The summed E-state index contributed by atoms with van der Waals surface area (Å²) >= 11 is 1.80. The van der Waals surface area contributed by atoms with Gasteiger partial charge in [0.2, 0.25) is 0 Å². The van der Waals surface area contributed by atoms with Gasteiger partial charge >= 0.3 is 6.03 Å². The van der Waals surface area contributed by atoms with Crippen LogP contribution in [0.1, 0.15) is 20.8 Å². The lowest BCUT2D eigenvalue weighted by Crippen LogP contribution is -2.28. The number of nitrogens with one attached hydrogen (secondary N) is 2. The van der Waals surface area contributed by atoms with Gasteiger partial charge < -0.3 is 10.6 Å². The highest BCUT2D eigenvalue weighted by Crippen LogP contribution is 2.32. The SMILES string of the molecule is C=CCNC(=O)Nc1ccc(SC(C)(C)C)cc1. The van der Waals surface area contributed by atoms with E-state index in [2.05, 4.69) is 38.0 Å². The average molecular weight is 264 g/mol. The zero-order valence-corrected chi connectivity index (χ0v) is 11.9. The molecule has 0 atom stereocenters. The minimum absolute atomic E-state index is 0.191. The Morgan fingerprint density at radius 3 is 2.44 bits per heavy atom. The highest BCUT2D eigenvalue weighted by molar-refractivity contribution is 8.00. The van der Waals surface area contributed by atoms with Gasteiger partial charge in [-0.1, -0.05) is 26.8 Å². The van der Waals surface area contributed by atoms with Crippen molar-refractivity contribution >= 4 is 23.5 Å². The number of urea groups is 1.